The Morgan fingerprint density at radius 1 is 0.947 bits per heavy atom. The van der Waals surface area contributed by atoms with Gasteiger partial charge in [0, 0.05) is 5.92 Å². The van der Waals surface area contributed by atoms with Gasteiger partial charge in [-0.1, -0.05) is 61.6 Å². The summed E-state index contributed by atoms with van der Waals surface area (Å²) in [6, 6.07) is 8.64. The van der Waals surface area contributed by atoms with Gasteiger partial charge >= 0.3 is 0 Å². The zero-order chi connectivity index (χ0) is 13.4. The molecule has 2 aliphatic rings. The third-order valence-corrected chi connectivity index (χ3v) is 4.79. The molecule has 0 spiro atoms. The van der Waals surface area contributed by atoms with Crippen molar-refractivity contribution in [3.63, 3.8) is 0 Å². The summed E-state index contributed by atoms with van der Waals surface area (Å²) in [6.45, 7) is 13.1. The van der Waals surface area contributed by atoms with Gasteiger partial charge in [-0.2, -0.15) is 0 Å². The van der Waals surface area contributed by atoms with Crippen molar-refractivity contribution in [3.8, 4) is 0 Å². The van der Waals surface area contributed by atoms with Gasteiger partial charge in [0.1, 0.15) is 0 Å². The second kappa shape index (κ2) is 4.85. The van der Waals surface area contributed by atoms with Crippen molar-refractivity contribution in [3.05, 3.63) is 66.3 Å². The van der Waals surface area contributed by atoms with E-state index in [1.54, 1.807) is 0 Å². The van der Waals surface area contributed by atoms with Crippen LogP contribution in [0.1, 0.15) is 36.8 Å². The average Bonchev–Trinajstić information content (AvgIpc) is 2.41. The first-order valence-corrected chi connectivity index (χ1v) is 7.31. The number of hydrogen-bond acceptors (Lipinski definition) is 0. The van der Waals surface area contributed by atoms with Gasteiger partial charge in [0.15, 0.2) is 0 Å². The van der Waals surface area contributed by atoms with Gasteiger partial charge in [-0.15, -0.1) is 0 Å². The van der Waals surface area contributed by atoms with Crippen LogP contribution in [0, 0.1) is 11.8 Å². The lowest BCUT2D eigenvalue weighted by molar-refractivity contribution is 0.398. The van der Waals surface area contributed by atoms with Gasteiger partial charge in [-0.3, -0.25) is 0 Å². The van der Waals surface area contributed by atoms with E-state index in [4.69, 9.17) is 0 Å². The fourth-order valence-corrected chi connectivity index (χ4v) is 3.79. The number of hydrogen-bond donors (Lipinski definition) is 0. The molecule has 0 aromatic heterocycles. The lowest BCUT2D eigenvalue weighted by Gasteiger charge is -2.38. The van der Waals surface area contributed by atoms with Crippen LogP contribution in [-0.4, -0.2) is 0 Å². The van der Waals surface area contributed by atoms with Gasteiger partial charge in [-0.05, 0) is 48.3 Å². The van der Waals surface area contributed by atoms with E-state index < -0.39 is 0 Å². The molecular formula is C19H22. The van der Waals surface area contributed by atoms with Crippen LogP contribution in [0.4, 0.5) is 0 Å². The largest absolute Gasteiger partial charge is 0.0995 e. The minimum atomic E-state index is 0.419. The molecular weight excluding hydrogens is 228 g/mol. The van der Waals surface area contributed by atoms with Gasteiger partial charge in [0.05, 0.1) is 0 Å². The summed E-state index contributed by atoms with van der Waals surface area (Å²) in [5, 5.41) is 0. The van der Waals surface area contributed by atoms with Crippen LogP contribution in [0.5, 0.6) is 0 Å². The third kappa shape index (κ3) is 2.10. The van der Waals surface area contributed by atoms with Crippen molar-refractivity contribution in [2.24, 2.45) is 11.8 Å². The summed E-state index contributed by atoms with van der Waals surface area (Å²) in [5.41, 5.74) is 6.74. The highest BCUT2D eigenvalue weighted by Crippen LogP contribution is 2.46. The molecule has 0 amide bonds. The second-order valence-corrected chi connectivity index (χ2v) is 6.01. The van der Waals surface area contributed by atoms with E-state index in [0.29, 0.717) is 11.8 Å². The van der Waals surface area contributed by atoms with Gasteiger partial charge < -0.3 is 0 Å². The van der Waals surface area contributed by atoms with E-state index in [-0.39, 0.29) is 0 Å². The molecule has 3 rings (SSSR count). The number of benzene rings is 1. The summed E-state index contributed by atoms with van der Waals surface area (Å²) >= 11 is 0. The standard InChI is InChI=1S/C19H22/c1-13-8-4-6-10-17(13)19-14(2)12-16-9-5-7-11-18(16)15(19)3/h5,7,9,11,17,19H,1-4,6,8,10,12H2. The molecule has 0 bridgehead atoms. The number of allylic oxidation sites excluding steroid dienone is 3. The molecule has 1 aromatic carbocycles. The monoisotopic (exact) mass is 250 g/mol. The quantitative estimate of drug-likeness (QED) is 0.603. The van der Waals surface area contributed by atoms with Crippen molar-refractivity contribution in [1.29, 1.82) is 0 Å². The maximum Gasteiger partial charge on any atom is 0.0114 e. The molecule has 19 heavy (non-hydrogen) atoms. The molecule has 1 fully saturated rings. The van der Waals surface area contributed by atoms with E-state index in [9.17, 15) is 0 Å². The maximum absolute atomic E-state index is 4.40. The fourth-order valence-electron chi connectivity index (χ4n) is 3.79. The van der Waals surface area contributed by atoms with Crippen LogP contribution < -0.4 is 0 Å². The SMILES string of the molecule is C=C1CCCCC1C1C(=C)Cc2ccccc2C1=C. The molecule has 0 heterocycles. The molecule has 2 atom stereocenters. The smallest absolute Gasteiger partial charge is 0.0114 e. The Balaban J connectivity index is 1.97. The van der Waals surface area contributed by atoms with Crippen LogP contribution in [0.2, 0.25) is 0 Å². The Labute approximate surface area is 116 Å². The van der Waals surface area contributed by atoms with Crippen LogP contribution in [0.25, 0.3) is 5.57 Å². The van der Waals surface area contributed by atoms with Crippen molar-refractivity contribution < 1.29 is 0 Å². The van der Waals surface area contributed by atoms with Gasteiger partial charge in [0.2, 0.25) is 0 Å². The number of fused-ring (bicyclic) bond motifs is 1. The zero-order valence-corrected chi connectivity index (χ0v) is 11.6. The highest BCUT2D eigenvalue weighted by molar-refractivity contribution is 5.74. The predicted molar refractivity (Wildman–Crippen MR) is 82.9 cm³/mol. The predicted octanol–water partition coefficient (Wildman–Crippen LogP) is 5.17. The van der Waals surface area contributed by atoms with Crippen molar-refractivity contribution in [2.75, 3.05) is 0 Å². The van der Waals surface area contributed by atoms with Crippen molar-refractivity contribution in [1.82, 2.24) is 0 Å². The van der Waals surface area contributed by atoms with E-state index in [1.165, 1.54) is 53.5 Å². The van der Waals surface area contributed by atoms with Crippen molar-refractivity contribution >= 4 is 5.57 Å². The normalized spacial score (nSPS) is 27.3. The van der Waals surface area contributed by atoms with Gasteiger partial charge in [0.25, 0.3) is 0 Å². The molecule has 0 N–H and O–H groups in total. The Kier molecular flexibility index (Phi) is 3.18. The lowest BCUT2D eigenvalue weighted by Crippen LogP contribution is -2.26. The van der Waals surface area contributed by atoms with Crippen LogP contribution >= 0.6 is 0 Å². The summed E-state index contributed by atoms with van der Waals surface area (Å²) in [4.78, 5) is 0. The molecule has 0 radical (unpaired) electrons. The molecule has 0 nitrogen and oxygen atoms in total. The molecule has 0 aliphatic heterocycles. The first-order chi connectivity index (χ1) is 9.18. The Morgan fingerprint density at radius 2 is 1.74 bits per heavy atom. The zero-order valence-electron chi connectivity index (χ0n) is 11.6. The minimum absolute atomic E-state index is 0.419. The Hall–Kier alpha value is -1.56. The molecule has 1 aromatic rings. The lowest BCUT2D eigenvalue weighted by atomic mass is 9.66. The van der Waals surface area contributed by atoms with Crippen LogP contribution in [-0.2, 0) is 6.42 Å². The van der Waals surface area contributed by atoms with E-state index in [2.05, 4.69) is 44.0 Å². The topological polar surface area (TPSA) is 0 Å². The molecule has 0 saturated heterocycles. The molecule has 1 saturated carbocycles. The highest BCUT2D eigenvalue weighted by Gasteiger charge is 2.33. The van der Waals surface area contributed by atoms with Crippen LogP contribution in [0.3, 0.4) is 0 Å². The second-order valence-electron chi connectivity index (χ2n) is 6.01. The minimum Gasteiger partial charge on any atom is -0.0995 e. The Morgan fingerprint density at radius 3 is 2.53 bits per heavy atom. The molecule has 0 heteroatoms. The highest BCUT2D eigenvalue weighted by atomic mass is 14.4. The van der Waals surface area contributed by atoms with Gasteiger partial charge in [-0.25, -0.2) is 0 Å². The molecule has 98 valence electrons. The summed E-state index contributed by atoms with van der Waals surface area (Å²) in [5.74, 6) is 0.991. The third-order valence-electron chi connectivity index (χ3n) is 4.79. The van der Waals surface area contributed by atoms with Crippen molar-refractivity contribution in [2.45, 2.75) is 32.1 Å². The average molecular weight is 250 g/mol. The van der Waals surface area contributed by atoms with Crippen LogP contribution in [0.15, 0.2) is 55.1 Å². The van der Waals surface area contributed by atoms with E-state index >= 15 is 0 Å². The van der Waals surface area contributed by atoms with E-state index in [1.807, 2.05) is 0 Å². The maximum atomic E-state index is 4.40. The number of rotatable bonds is 1. The summed E-state index contributed by atoms with van der Waals surface area (Å²) < 4.78 is 0. The summed E-state index contributed by atoms with van der Waals surface area (Å²) in [6.07, 6.45) is 6.07. The Bertz CT molecular complexity index is 547. The summed E-state index contributed by atoms with van der Waals surface area (Å²) in [7, 11) is 0. The fraction of sp³-hybridized carbons (Fsp3) is 0.368. The first kappa shape index (κ1) is 12.5. The molecule has 2 aliphatic carbocycles. The molecule has 2 unspecified atom stereocenters. The van der Waals surface area contributed by atoms with E-state index in [0.717, 1.165) is 6.42 Å². The first-order valence-electron chi connectivity index (χ1n) is 7.31.